The van der Waals surface area contributed by atoms with Crippen LogP contribution in [0, 0.1) is 11.8 Å². The van der Waals surface area contributed by atoms with E-state index in [0.29, 0.717) is 37.3 Å². The lowest BCUT2D eigenvalue weighted by molar-refractivity contribution is 0.0640. The summed E-state index contributed by atoms with van der Waals surface area (Å²) >= 11 is 0. The van der Waals surface area contributed by atoms with Crippen molar-refractivity contribution in [3.05, 3.63) is 48.0 Å². The summed E-state index contributed by atoms with van der Waals surface area (Å²) in [6.45, 7) is 3.50. The number of aryl methyl sites for hydroxylation is 1. The second-order valence-corrected chi connectivity index (χ2v) is 7.04. The molecule has 0 radical (unpaired) electrons. The molecule has 138 valence electrons. The highest BCUT2D eigenvalue weighted by Crippen LogP contribution is 2.36. The summed E-state index contributed by atoms with van der Waals surface area (Å²) in [5.41, 5.74) is 1.76. The van der Waals surface area contributed by atoms with Crippen molar-refractivity contribution in [3.63, 3.8) is 0 Å². The molecule has 0 bridgehead atoms. The summed E-state index contributed by atoms with van der Waals surface area (Å²) in [5.74, 6) is 0.883. The highest BCUT2D eigenvalue weighted by molar-refractivity contribution is 5.92. The molecule has 0 unspecified atom stereocenters. The summed E-state index contributed by atoms with van der Waals surface area (Å²) in [6.07, 6.45) is 6.32. The Balaban J connectivity index is 1.27. The van der Waals surface area contributed by atoms with Crippen molar-refractivity contribution in [1.29, 1.82) is 0 Å². The predicted molar refractivity (Wildman–Crippen MR) is 94.3 cm³/mol. The van der Waals surface area contributed by atoms with Gasteiger partial charge in [-0.05, 0) is 36.1 Å². The third-order valence-corrected chi connectivity index (χ3v) is 5.42. The smallest absolute Gasteiger partial charge is 0.272 e. The maximum Gasteiger partial charge on any atom is 0.272 e. The number of carbonyl (C=O) groups is 1. The molecule has 0 spiro atoms. The van der Waals surface area contributed by atoms with Gasteiger partial charge in [-0.2, -0.15) is 5.10 Å². The Morgan fingerprint density at radius 3 is 2.88 bits per heavy atom. The van der Waals surface area contributed by atoms with Crippen molar-refractivity contribution >= 4 is 5.91 Å². The zero-order chi connectivity index (χ0) is 17.9. The first-order valence-corrected chi connectivity index (χ1v) is 9.08. The standard InChI is InChI=1S/C19H24N4O3/c1-22-17(4-8-21-22)19(24)23-10-16-15(13-26-18(16)11-23)5-9-25-12-14-2-6-20-7-3-14/h2-4,6-8,15-16,18H,5,9-13H2,1H3/t15-,16-,18-/m0/s1. The largest absolute Gasteiger partial charge is 0.377 e. The van der Waals surface area contributed by atoms with Crippen LogP contribution in [0.25, 0.3) is 0 Å². The van der Waals surface area contributed by atoms with Crippen LogP contribution in [-0.2, 0) is 23.1 Å². The van der Waals surface area contributed by atoms with Gasteiger partial charge in [0.25, 0.3) is 5.91 Å². The lowest BCUT2D eigenvalue weighted by atomic mass is 9.91. The highest BCUT2D eigenvalue weighted by Gasteiger charge is 2.45. The molecule has 7 nitrogen and oxygen atoms in total. The number of likely N-dealkylation sites (tertiary alicyclic amines) is 1. The molecule has 0 N–H and O–H groups in total. The number of carbonyl (C=O) groups excluding carboxylic acids is 1. The first kappa shape index (κ1) is 17.2. The van der Waals surface area contributed by atoms with Gasteiger partial charge in [-0.1, -0.05) is 0 Å². The monoisotopic (exact) mass is 356 g/mol. The Morgan fingerprint density at radius 1 is 1.27 bits per heavy atom. The van der Waals surface area contributed by atoms with Gasteiger partial charge in [0.15, 0.2) is 0 Å². The first-order chi connectivity index (χ1) is 12.7. The van der Waals surface area contributed by atoms with Gasteiger partial charge in [0.1, 0.15) is 5.69 Å². The Kier molecular flexibility index (Phi) is 4.99. The van der Waals surface area contributed by atoms with E-state index in [4.69, 9.17) is 9.47 Å². The van der Waals surface area contributed by atoms with Crippen LogP contribution in [0.3, 0.4) is 0 Å². The molecule has 2 aromatic rings. The lowest BCUT2D eigenvalue weighted by Crippen LogP contribution is -2.32. The molecule has 0 saturated carbocycles. The molecule has 3 atom stereocenters. The van der Waals surface area contributed by atoms with Crippen molar-refractivity contribution in [2.45, 2.75) is 19.1 Å². The number of pyridine rings is 1. The zero-order valence-electron chi connectivity index (χ0n) is 15.0. The maximum atomic E-state index is 12.7. The molecule has 4 heterocycles. The average molecular weight is 356 g/mol. The minimum absolute atomic E-state index is 0.0377. The van der Waals surface area contributed by atoms with Crippen molar-refractivity contribution in [1.82, 2.24) is 19.7 Å². The van der Waals surface area contributed by atoms with Gasteiger partial charge in [0.05, 0.1) is 19.3 Å². The Bertz CT molecular complexity index is 748. The van der Waals surface area contributed by atoms with Gasteiger partial charge >= 0.3 is 0 Å². The Morgan fingerprint density at radius 2 is 2.12 bits per heavy atom. The minimum atomic E-state index is 0.0377. The SMILES string of the molecule is Cn1nccc1C(=O)N1C[C@H]2[C@@H](CCOCc3ccncc3)CO[C@H]2C1. The van der Waals surface area contributed by atoms with Crippen LogP contribution in [0.1, 0.15) is 22.5 Å². The minimum Gasteiger partial charge on any atom is -0.377 e. The summed E-state index contributed by atoms with van der Waals surface area (Å²) in [5, 5.41) is 4.09. The van der Waals surface area contributed by atoms with Gasteiger partial charge in [-0.25, -0.2) is 0 Å². The topological polar surface area (TPSA) is 69.5 Å². The fourth-order valence-corrected chi connectivity index (χ4v) is 3.91. The van der Waals surface area contributed by atoms with Gasteiger partial charge in [0, 0.05) is 51.3 Å². The van der Waals surface area contributed by atoms with E-state index < -0.39 is 0 Å². The quantitative estimate of drug-likeness (QED) is 0.734. The Hall–Kier alpha value is -2.25. The summed E-state index contributed by atoms with van der Waals surface area (Å²) in [4.78, 5) is 18.6. The molecule has 0 aromatic carbocycles. The van der Waals surface area contributed by atoms with E-state index in [9.17, 15) is 4.79 Å². The number of rotatable bonds is 6. The summed E-state index contributed by atoms with van der Waals surface area (Å²) < 4.78 is 13.4. The lowest BCUT2D eigenvalue weighted by Gasteiger charge is -2.20. The van der Waals surface area contributed by atoms with E-state index in [2.05, 4.69) is 10.1 Å². The normalized spacial score (nSPS) is 24.8. The molecule has 2 aliphatic rings. The van der Waals surface area contributed by atoms with Crippen LogP contribution < -0.4 is 0 Å². The molecule has 2 fully saturated rings. The number of fused-ring (bicyclic) bond motifs is 1. The van der Waals surface area contributed by atoms with Crippen LogP contribution >= 0.6 is 0 Å². The zero-order valence-corrected chi connectivity index (χ0v) is 15.0. The summed E-state index contributed by atoms with van der Waals surface area (Å²) in [6, 6.07) is 5.70. The molecule has 4 rings (SSSR count). The number of ether oxygens (including phenoxy) is 2. The van der Waals surface area contributed by atoms with E-state index in [1.54, 1.807) is 36.4 Å². The van der Waals surface area contributed by atoms with Crippen LogP contribution in [0.5, 0.6) is 0 Å². The number of nitrogens with zero attached hydrogens (tertiary/aromatic N) is 4. The fourth-order valence-electron chi connectivity index (χ4n) is 3.91. The second kappa shape index (κ2) is 7.55. The molecule has 26 heavy (non-hydrogen) atoms. The van der Waals surface area contributed by atoms with Crippen molar-refractivity contribution in [3.8, 4) is 0 Å². The van der Waals surface area contributed by atoms with Crippen LogP contribution in [-0.4, -0.2) is 58.0 Å². The number of aromatic nitrogens is 3. The van der Waals surface area contributed by atoms with Gasteiger partial charge in [-0.3, -0.25) is 14.5 Å². The van der Waals surface area contributed by atoms with E-state index in [1.807, 2.05) is 17.0 Å². The molecule has 2 aliphatic heterocycles. The van der Waals surface area contributed by atoms with Crippen LogP contribution in [0.2, 0.25) is 0 Å². The van der Waals surface area contributed by atoms with Crippen molar-refractivity contribution in [2.24, 2.45) is 18.9 Å². The number of hydrogen-bond donors (Lipinski definition) is 0. The average Bonchev–Trinajstić information content (AvgIpc) is 3.35. The summed E-state index contributed by atoms with van der Waals surface area (Å²) in [7, 11) is 1.80. The van der Waals surface area contributed by atoms with E-state index in [1.165, 1.54) is 0 Å². The molecule has 2 aromatic heterocycles. The third-order valence-electron chi connectivity index (χ3n) is 5.42. The maximum absolute atomic E-state index is 12.7. The molecular formula is C19H24N4O3. The predicted octanol–water partition coefficient (Wildman–Crippen LogP) is 1.51. The molecule has 2 saturated heterocycles. The third kappa shape index (κ3) is 3.50. The van der Waals surface area contributed by atoms with Crippen LogP contribution in [0.4, 0.5) is 0 Å². The van der Waals surface area contributed by atoms with Crippen molar-refractivity contribution in [2.75, 3.05) is 26.3 Å². The molecular weight excluding hydrogens is 332 g/mol. The molecule has 1 amide bonds. The van der Waals surface area contributed by atoms with Gasteiger partial charge in [-0.15, -0.1) is 0 Å². The van der Waals surface area contributed by atoms with Gasteiger partial charge in [0.2, 0.25) is 0 Å². The molecule has 0 aliphatic carbocycles. The van der Waals surface area contributed by atoms with Gasteiger partial charge < -0.3 is 14.4 Å². The Labute approximate surface area is 152 Å². The highest BCUT2D eigenvalue weighted by atomic mass is 16.5. The number of amides is 1. The molecule has 7 heteroatoms. The van der Waals surface area contributed by atoms with Crippen molar-refractivity contribution < 1.29 is 14.3 Å². The van der Waals surface area contributed by atoms with E-state index in [0.717, 1.165) is 25.1 Å². The van der Waals surface area contributed by atoms with Crippen LogP contribution in [0.15, 0.2) is 36.8 Å². The first-order valence-electron chi connectivity index (χ1n) is 9.08. The van der Waals surface area contributed by atoms with E-state index in [-0.39, 0.29) is 12.0 Å². The fraction of sp³-hybridized carbons (Fsp3) is 0.526. The van der Waals surface area contributed by atoms with E-state index >= 15 is 0 Å². The second-order valence-electron chi connectivity index (χ2n) is 7.04. The number of hydrogen-bond acceptors (Lipinski definition) is 5.